The van der Waals surface area contributed by atoms with E-state index < -0.39 is 5.97 Å². The van der Waals surface area contributed by atoms with Crippen LogP contribution in [0.25, 0.3) is 0 Å². The van der Waals surface area contributed by atoms with Crippen molar-refractivity contribution >= 4 is 11.8 Å². The first kappa shape index (κ1) is 11.9. The zero-order valence-electron chi connectivity index (χ0n) is 9.41. The maximum absolute atomic E-state index is 11.8. The number of carboxylic acids is 1. The van der Waals surface area contributed by atoms with Gasteiger partial charge in [-0.3, -0.25) is 14.8 Å². The van der Waals surface area contributed by atoms with Gasteiger partial charge in [-0.05, 0) is 24.3 Å². The summed E-state index contributed by atoms with van der Waals surface area (Å²) in [7, 11) is 0. The van der Waals surface area contributed by atoms with Gasteiger partial charge >= 0.3 is 5.97 Å². The van der Waals surface area contributed by atoms with E-state index in [-0.39, 0.29) is 17.8 Å². The molecule has 0 saturated carbocycles. The van der Waals surface area contributed by atoms with Crippen molar-refractivity contribution in [3.63, 3.8) is 0 Å². The van der Waals surface area contributed by atoms with Gasteiger partial charge in [0.2, 0.25) is 0 Å². The Morgan fingerprint density at radius 3 is 2.50 bits per heavy atom. The molecule has 0 aliphatic rings. The van der Waals surface area contributed by atoms with Gasteiger partial charge in [0, 0.05) is 29.8 Å². The SMILES string of the molecule is O=C(O)c1ccc(CC(=O)c2cccnc2)nc1. The van der Waals surface area contributed by atoms with Crippen molar-refractivity contribution in [2.24, 2.45) is 0 Å². The number of Topliss-reactive ketones (excluding diaryl/α,β-unsaturated/α-hetero) is 1. The molecule has 2 aromatic heterocycles. The number of aromatic nitrogens is 2. The van der Waals surface area contributed by atoms with Crippen molar-refractivity contribution in [2.75, 3.05) is 0 Å². The molecule has 0 aliphatic heterocycles. The second-order valence-corrected chi connectivity index (χ2v) is 3.69. The number of pyridine rings is 2. The number of hydrogen-bond donors (Lipinski definition) is 1. The number of carbonyl (C=O) groups excluding carboxylic acids is 1. The quantitative estimate of drug-likeness (QED) is 0.823. The van der Waals surface area contributed by atoms with Crippen molar-refractivity contribution < 1.29 is 14.7 Å². The van der Waals surface area contributed by atoms with E-state index in [0.717, 1.165) is 0 Å². The fourth-order valence-electron chi connectivity index (χ4n) is 1.45. The average molecular weight is 242 g/mol. The molecule has 0 saturated heterocycles. The molecule has 0 amide bonds. The number of nitrogens with zero attached hydrogens (tertiary/aromatic N) is 2. The summed E-state index contributed by atoms with van der Waals surface area (Å²) in [6.07, 6.45) is 4.46. The Labute approximate surface area is 103 Å². The minimum Gasteiger partial charge on any atom is -0.478 e. The van der Waals surface area contributed by atoms with Gasteiger partial charge in [-0.25, -0.2) is 4.79 Å². The lowest BCUT2D eigenvalue weighted by Gasteiger charge is -2.01. The van der Waals surface area contributed by atoms with Crippen molar-refractivity contribution in [1.82, 2.24) is 9.97 Å². The number of rotatable bonds is 4. The molecule has 2 heterocycles. The molecule has 0 bridgehead atoms. The van der Waals surface area contributed by atoms with Gasteiger partial charge in [-0.1, -0.05) is 0 Å². The topological polar surface area (TPSA) is 80.1 Å². The Balaban J connectivity index is 2.10. The second-order valence-electron chi connectivity index (χ2n) is 3.69. The minimum atomic E-state index is -1.03. The molecule has 0 spiro atoms. The van der Waals surface area contributed by atoms with Crippen LogP contribution in [0.1, 0.15) is 26.4 Å². The van der Waals surface area contributed by atoms with E-state index in [9.17, 15) is 9.59 Å². The molecule has 1 N–H and O–H groups in total. The highest BCUT2D eigenvalue weighted by Gasteiger charge is 2.09. The summed E-state index contributed by atoms with van der Waals surface area (Å²) in [5, 5.41) is 8.72. The van der Waals surface area contributed by atoms with Crippen LogP contribution >= 0.6 is 0 Å². The van der Waals surface area contributed by atoms with Crippen LogP contribution in [0.5, 0.6) is 0 Å². The summed E-state index contributed by atoms with van der Waals surface area (Å²) in [5.41, 5.74) is 1.16. The molecule has 18 heavy (non-hydrogen) atoms. The van der Waals surface area contributed by atoms with Crippen LogP contribution in [-0.4, -0.2) is 26.8 Å². The summed E-state index contributed by atoms with van der Waals surface area (Å²) < 4.78 is 0. The summed E-state index contributed by atoms with van der Waals surface area (Å²) in [6.45, 7) is 0. The first-order valence-corrected chi connectivity index (χ1v) is 5.28. The highest BCUT2D eigenvalue weighted by atomic mass is 16.4. The zero-order valence-corrected chi connectivity index (χ0v) is 9.41. The lowest BCUT2D eigenvalue weighted by Crippen LogP contribution is -2.06. The molecule has 0 atom stereocenters. The van der Waals surface area contributed by atoms with Crippen LogP contribution in [0.2, 0.25) is 0 Å². The van der Waals surface area contributed by atoms with E-state index in [4.69, 9.17) is 5.11 Å². The predicted octanol–water partition coefficient (Wildman–Crippen LogP) is 1.60. The Hall–Kier alpha value is -2.56. The van der Waals surface area contributed by atoms with Crippen LogP contribution in [0.4, 0.5) is 0 Å². The van der Waals surface area contributed by atoms with Gasteiger partial charge in [0.05, 0.1) is 12.0 Å². The van der Waals surface area contributed by atoms with Gasteiger partial charge in [0.15, 0.2) is 5.78 Å². The molecule has 0 aliphatic carbocycles. The number of aromatic carboxylic acids is 1. The molecule has 90 valence electrons. The van der Waals surface area contributed by atoms with Crippen LogP contribution in [-0.2, 0) is 6.42 Å². The van der Waals surface area contributed by atoms with Crippen molar-refractivity contribution in [1.29, 1.82) is 0 Å². The number of carboxylic acid groups (broad SMARTS) is 1. The first-order chi connectivity index (χ1) is 8.66. The fraction of sp³-hybridized carbons (Fsp3) is 0.0769. The van der Waals surface area contributed by atoms with E-state index in [0.29, 0.717) is 11.3 Å². The monoisotopic (exact) mass is 242 g/mol. The minimum absolute atomic E-state index is 0.0984. The van der Waals surface area contributed by atoms with Gasteiger partial charge in [-0.2, -0.15) is 0 Å². The summed E-state index contributed by atoms with van der Waals surface area (Å²) >= 11 is 0. The third kappa shape index (κ3) is 2.76. The van der Waals surface area contributed by atoms with E-state index >= 15 is 0 Å². The molecule has 0 aromatic carbocycles. The molecule has 0 fully saturated rings. The molecule has 5 heteroatoms. The predicted molar refractivity (Wildman–Crippen MR) is 63.5 cm³/mol. The van der Waals surface area contributed by atoms with E-state index in [1.807, 2.05) is 0 Å². The zero-order chi connectivity index (χ0) is 13.0. The second kappa shape index (κ2) is 5.18. The largest absolute Gasteiger partial charge is 0.478 e. The highest BCUT2D eigenvalue weighted by molar-refractivity contribution is 5.97. The smallest absolute Gasteiger partial charge is 0.337 e. The summed E-state index contributed by atoms with van der Waals surface area (Å²) in [4.78, 5) is 30.3. The third-order valence-electron chi connectivity index (χ3n) is 2.40. The fourth-order valence-corrected chi connectivity index (χ4v) is 1.45. The number of ketones is 1. The van der Waals surface area contributed by atoms with Crippen molar-refractivity contribution in [2.45, 2.75) is 6.42 Å². The maximum Gasteiger partial charge on any atom is 0.337 e. The van der Waals surface area contributed by atoms with Crippen LogP contribution in [0.15, 0.2) is 42.9 Å². The van der Waals surface area contributed by atoms with Gasteiger partial charge in [0.1, 0.15) is 0 Å². The van der Waals surface area contributed by atoms with Crippen LogP contribution in [0, 0.1) is 0 Å². The number of carbonyl (C=O) groups is 2. The van der Waals surface area contributed by atoms with Gasteiger partial charge in [-0.15, -0.1) is 0 Å². The van der Waals surface area contributed by atoms with Crippen molar-refractivity contribution in [3.8, 4) is 0 Å². The maximum atomic E-state index is 11.8. The average Bonchev–Trinajstić information content (AvgIpc) is 2.40. The van der Waals surface area contributed by atoms with Gasteiger partial charge in [0.25, 0.3) is 0 Å². The molecule has 0 unspecified atom stereocenters. The standard InChI is InChI=1S/C13H10N2O3/c16-12(9-2-1-5-14-7-9)6-11-4-3-10(8-15-11)13(17)18/h1-5,7-8H,6H2,(H,17,18). The molecule has 2 aromatic rings. The molecular weight excluding hydrogens is 232 g/mol. The Bertz CT molecular complexity index is 565. The normalized spacial score (nSPS) is 10.0. The van der Waals surface area contributed by atoms with Gasteiger partial charge < -0.3 is 5.11 Å². The molecule has 0 radical (unpaired) electrons. The third-order valence-corrected chi connectivity index (χ3v) is 2.40. The van der Waals surface area contributed by atoms with E-state index in [2.05, 4.69) is 9.97 Å². The lowest BCUT2D eigenvalue weighted by molar-refractivity contribution is 0.0696. The van der Waals surface area contributed by atoms with Crippen molar-refractivity contribution in [3.05, 3.63) is 59.7 Å². The molecule has 2 rings (SSSR count). The summed E-state index contributed by atoms with van der Waals surface area (Å²) in [6, 6.07) is 6.34. The number of hydrogen-bond acceptors (Lipinski definition) is 4. The van der Waals surface area contributed by atoms with Crippen LogP contribution < -0.4 is 0 Å². The van der Waals surface area contributed by atoms with E-state index in [1.165, 1.54) is 24.5 Å². The molecule has 5 nitrogen and oxygen atoms in total. The Morgan fingerprint density at radius 2 is 1.94 bits per heavy atom. The lowest BCUT2D eigenvalue weighted by atomic mass is 10.1. The Kier molecular flexibility index (Phi) is 3.43. The highest BCUT2D eigenvalue weighted by Crippen LogP contribution is 2.06. The van der Waals surface area contributed by atoms with Crippen LogP contribution in [0.3, 0.4) is 0 Å². The Morgan fingerprint density at radius 1 is 1.11 bits per heavy atom. The first-order valence-electron chi connectivity index (χ1n) is 5.28. The molecular formula is C13H10N2O3. The van der Waals surface area contributed by atoms with E-state index in [1.54, 1.807) is 18.3 Å². The summed E-state index contributed by atoms with van der Waals surface area (Å²) in [5.74, 6) is -1.13.